The van der Waals surface area contributed by atoms with Gasteiger partial charge in [0.1, 0.15) is 0 Å². The number of hydrogen-bond donors (Lipinski definition) is 0. The maximum absolute atomic E-state index is 12.8. The van der Waals surface area contributed by atoms with Gasteiger partial charge in [0.25, 0.3) is 5.91 Å². The fourth-order valence-corrected chi connectivity index (χ4v) is 3.34. The maximum atomic E-state index is 12.8. The zero-order chi connectivity index (χ0) is 18.4. The van der Waals surface area contributed by atoms with Crippen molar-refractivity contribution in [2.75, 3.05) is 11.5 Å². The second-order valence-electron chi connectivity index (χ2n) is 6.38. The molecule has 1 aromatic carbocycles. The van der Waals surface area contributed by atoms with Crippen molar-refractivity contribution in [2.45, 2.75) is 38.1 Å². The van der Waals surface area contributed by atoms with Crippen LogP contribution in [-0.4, -0.2) is 24.5 Å². The third kappa shape index (κ3) is 4.20. The van der Waals surface area contributed by atoms with Gasteiger partial charge in [-0.1, -0.05) is 37.5 Å². The fourth-order valence-electron chi connectivity index (χ4n) is 3.34. The summed E-state index contributed by atoms with van der Waals surface area (Å²) in [5.41, 5.74) is 0.670. The van der Waals surface area contributed by atoms with Crippen molar-refractivity contribution in [1.29, 1.82) is 0 Å². The molecule has 0 saturated heterocycles. The molecule has 136 valence electrons. The number of benzene rings is 1. The summed E-state index contributed by atoms with van der Waals surface area (Å²) in [6.07, 6.45) is 6.45. The van der Waals surface area contributed by atoms with Crippen LogP contribution in [0.3, 0.4) is 0 Å². The molecule has 6 nitrogen and oxygen atoms in total. The lowest BCUT2D eigenvalue weighted by Gasteiger charge is -2.34. The Morgan fingerprint density at radius 2 is 1.73 bits per heavy atom. The maximum Gasteiger partial charge on any atom is 0.405 e. The highest BCUT2D eigenvalue weighted by molar-refractivity contribution is 5.96. The average molecular weight is 354 g/mol. The topological polar surface area (TPSA) is 73.6 Å². The van der Waals surface area contributed by atoms with Crippen LogP contribution in [0.1, 0.15) is 42.6 Å². The van der Waals surface area contributed by atoms with E-state index in [1.807, 2.05) is 30.3 Å². The minimum absolute atomic E-state index is 0.110. The van der Waals surface area contributed by atoms with Gasteiger partial charge in [-0.05, 0) is 31.0 Å². The highest BCUT2D eigenvalue weighted by Crippen LogP contribution is 2.27. The number of esters is 1. The van der Waals surface area contributed by atoms with Gasteiger partial charge in [0.2, 0.25) is 0 Å². The monoisotopic (exact) mass is 354 g/mol. The van der Waals surface area contributed by atoms with Crippen LogP contribution in [0, 0.1) is 5.21 Å². The van der Waals surface area contributed by atoms with E-state index < -0.39 is 5.97 Å². The first-order valence-corrected chi connectivity index (χ1v) is 8.89. The smallest absolute Gasteiger partial charge is 0.405 e. The summed E-state index contributed by atoms with van der Waals surface area (Å²) in [7, 11) is 0. The number of para-hydroxylation sites is 1. The summed E-state index contributed by atoms with van der Waals surface area (Å²) in [5, 5.41) is 11.6. The third-order valence-electron chi connectivity index (χ3n) is 4.60. The van der Waals surface area contributed by atoms with Crippen LogP contribution in [0.15, 0.2) is 54.7 Å². The lowest BCUT2D eigenvalue weighted by atomic mass is 9.93. The fraction of sp³-hybridized carbons (Fsp3) is 0.350. The molecule has 1 aliphatic carbocycles. The summed E-state index contributed by atoms with van der Waals surface area (Å²) in [5.74, 6) is -1.07. The summed E-state index contributed by atoms with van der Waals surface area (Å²) < 4.78 is 5.55. The number of carbonyl (C=O) groups is 2. The van der Waals surface area contributed by atoms with Crippen LogP contribution in [0.25, 0.3) is 0 Å². The molecule has 6 heteroatoms. The Hall–Kier alpha value is -2.89. The number of carbonyl (C=O) groups excluding carboxylic acids is 2. The summed E-state index contributed by atoms with van der Waals surface area (Å²) in [6, 6.07) is 14.0. The molecule has 1 saturated carbocycles. The molecule has 0 aliphatic heterocycles. The van der Waals surface area contributed by atoms with E-state index in [4.69, 9.17) is 4.74 Å². The summed E-state index contributed by atoms with van der Waals surface area (Å²) in [4.78, 5) is 26.7. The van der Waals surface area contributed by atoms with Crippen LogP contribution in [-0.2, 0) is 9.53 Å². The Morgan fingerprint density at radius 3 is 2.42 bits per heavy atom. The van der Waals surface area contributed by atoms with Crippen LogP contribution in [0.2, 0.25) is 0 Å². The SMILES string of the molecule is O=C(OCC(=O)N(c1ccccc1)C1CCCCC1)c1cccc[n+]1[O-]. The van der Waals surface area contributed by atoms with Crippen LogP contribution < -0.4 is 9.63 Å². The Kier molecular flexibility index (Phi) is 5.84. The number of amides is 1. The molecule has 0 spiro atoms. The van der Waals surface area contributed by atoms with E-state index >= 15 is 0 Å². The van der Waals surface area contributed by atoms with E-state index in [1.165, 1.54) is 24.8 Å². The molecule has 0 unspecified atom stereocenters. The molecular formula is C20H22N2O4. The van der Waals surface area contributed by atoms with E-state index in [0.29, 0.717) is 4.73 Å². The van der Waals surface area contributed by atoms with E-state index in [0.717, 1.165) is 31.4 Å². The number of nitrogens with zero attached hydrogens (tertiary/aromatic N) is 2. The Bertz CT molecular complexity index is 757. The van der Waals surface area contributed by atoms with Gasteiger partial charge >= 0.3 is 11.7 Å². The Balaban J connectivity index is 1.71. The van der Waals surface area contributed by atoms with Crippen molar-refractivity contribution in [3.05, 3.63) is 65.6 Å². The standard InChI is InChI=1S/C20H22N2O4/c23-19(15-26-20(24)18-13-7-8-14-21(18)25)22(16-9-3-1-4-10-16)17-11-5-2-6-12-17/h1,3-4,7-10,13-14,17H,2,5-6,11-12,15H2. The molecule has 0 atom stereocenters. The average Bonchev–Trinajstić information content (AvgIpc) is 2.68. The summed E-state index contributed by atoms with van der Waals surface area (Å²) in [6.45, 7) is -0.390. The number of rotatable bonds is 5. The lowest BCUT2D eigenvalue weighted by molar-refractivity contribution is -0.608. The van der Waals surface area contributed by atoms with Crippen molar-refractivity contribution in [2.24, 2.45) is 0 Å². The Morgan fingerprint density at radius 1 is 1.04 bits per heavy atom. The molecular weight excluding hydrogens is 332 g/mol. The minimum atomic E-state index is -0.800. The molecule has 1 fully saturated rings. The highest BCUT2D eigenvalue weighted by Gasteiger charge is 2.28. The molecule has 2 aromatic rings. The Labute approximate surface area is 152 Å². The predicted octanol–water partition coefficient (Wildman–Crippen LogP) is 2.84. The molecule has 0 N–H and O–H groups in total. The molecule has 3 rings (SSSR count). The van der Waals surface area contributed by atoms with Crippen LogP contribution in [0.5, 0.6) is 0 Å². The second-order valence-corrected chi connectivity index (χ2v) is 6.38. The molecule has 1 amide bonds. The normalized spacial score (nSPS) is 14.6. The molecule has 1 aromatic heterocycles. The second kappa shape index (κ2) is 8.47. The van der Waals surface area contributed by atoms with Crippen molar-refractivity contribution in [1.82, 2.24) is 0 Å². The van der Waals surface area contributed by atoms with Gasteiger partial charge in [-0.25, -0.2) is 4.79 Å². The zero-order valence-electron chi connectivity index (χ0n) is 14.5. The van der Waals surface area contributed by atoms with Gasteiger partial charge in [0.05, 0.1) is 0 Å². The van der Waals surface area contributed by atoms with E-state index in [2.05, 4.69) is 0 Å². The number of ether oxygens (including phenoxy) is 1. The van der Waals surface area contributed by atoms with Crippen molar-refractivity contribution in [3.63, 3.8) is 0 Å². The summed E-state index contributed by atoms with van der Waals surface area (Å²) >= 11 is 0. The van der Waals surface area contributed by atoms with Crippen LogP contribution in [0.4, 0.5) is 5.69 Å². The van der Waals surface area contributed by atoms with Crippen LogP contribution >= 0.6 is 0 Å². The highest BCUT2D eigenvalue weighted by atomic mass is 16.5. The van der Waals surface area contributed by atoms with Crippen molar-refractivity contribution < 1.29 is 19.1 Å². The quantitative estimate of drug-likeness (QED) is 0.470. The van der Waals surface area contributed by atoms with E-state index in [1.54, 1.807) is 11.0 Å². The van der Waals surface area contributed by atoms with Crippen molar-refractivity contribution in [3.8, 4) is 0 Å². The van der Waals surface area contributed by atoms with Gasteiger partial charge in [-0.3, -0.25) is 4.79 Å². The minimum Gasteiger partial charge on any atom is -0.618 e. The molecule has 26 heavy (non-hydrogen) atoms. The van der Waals surface area contributed by atoms with Crippen molar-refractivity contribution >= 4 is 17.6 Å². The first kappa shape index (κ1) is 17.9. The lowest BCUT2D eigenvalue weighted by Crippen LogP contribution is -2.44. The van der Waals surface area contributed by atoms with E-state index in [-0.39, 0.29) is 24.2 Å². The van der Waals surface area contributed by atoms with Gasteiger partial charge in [0, 0.05) is 23.9 Å². The number of pyridine rings is 1. The zero-order valence-corrected chi connectivity index (χ0v) is 14.5. The van der Waals surface area contributed by atoms with Gasteiger partial charge in [-0.2, -0.15) is 4.73 Å². The largest absolute Gasteiger partial charge is 0.618 e. The molecule has 1 heterocycles. The van der Waals surface area contributed by atoms with Gasteiger partial charge in [0.15, 0.2) is 12.8 Å². The molecule has 0 bridgehead atoms. The number of aromatic nitrogens is 1. The third-order valence-corrected chi connectivity index (χ3v) is 4.60. The first-order chi connectivity index (χ1) is 12.7. The van der Waals surface area contributed by atoms with E-state index in [9.17, 15) is 14.8 Å². The van der Waals surface area contributed by atoms with Gasteiger partial charge in [-0.15, -0.1) is 0 Å². The van der Waals surface area contributed by atoms with Gasteiger partial charge < -0.3 is 14.8 Å². The molecule has 1 aliphatic rings. The number of anilines is 1. The number of hydrogen-bond acceptors (Lipinski definition) is 4. The first-order valence-electron chi connectivity index (χ1n) is 8.89. The predicted molar refractivity (Wildman–Crippen MR) is 96.5 cm³/mol. The molecule has 0 radical (unpaired) electrons.